The standard InChI is InChI=1S/C13H20N2O2S/c1-13(2,3)17-12(16)15-6-10(11(14)7-15)9-4-5-18-8-9/h4-5,8,10-11H,6-7,14H2,1-3H3. The van der Waals surface area contributed by atoms with E-state index >= 15 is 0 Å². The predicted molar refractivity (Wildman–Crippen MR) is 72.8 cm³/mol. The lowest BCUT2D eigenvalue weighted by molar-refractivity contribution is 0.0290. The van der Waals surface area contributed by atoms with Crippen LogP contribution in [0.25, 0.3) is 0 Å². The molecule has 18 heavy (non-hydrogen) atoms. The third-order valence-corrected chi connectivity index (χ3v) is 3.69. The summed E-state index contributed by atoms with van der Waals surface area (Å²) < 4.78 is 5.37. The van der Waals surface area contributed by atoms with Gasteiger partial charge in [0, 0.05) is 25.0 Å². The molecule has 100 valence electrons. The van der Waals surface area contributed by atoms with Crippen molar-refractivity contribution < 1.29 is 9.53 Å². The maximum Gasteiger partial charge on any atom is 0.410 e. The number of carbonyl (C=O) groups is 1. The zero-order chi connectivity index (χ0) is 13.3. The number of likely N-dealkylation sites (tertiary alicyclic amines) is 1. The highest BCUT2D eigenvalue weighted by Gasteiger charge is 2.36. The number of rotatable bonds is 1. The normalized spacial score (nSPS) is 24.3. The van der Waals surface area contributed by atoms with Crippen molar-refractivity contribution in [2.24, 2.45) is 5.73 Å². The smallest absolute Gasteiger partial charge is 0.410 e. The molecule has 2 rings (SSSR count). The number of nitrogens with zero attached hydrogens (tertiary/aromatic N) is 1. The first-order chi connectivity index (χ1) is 8.37. The quantitative estimate of drug-likeness (QED) is 0.851. The molecule has 5 heteroatoms. The minimum absolute atomic E-state index is 0.00730. The molecular weight excluding hydrogens is 248 g/mol. The first kappa shape index (κ1) is 13.4. The molecule has 1 saturated heterocycles. The van der Waals surface area contributed by atoms with E-state index in [1.54, 1.807) is 16.2 Å². The number of ether oxygens (including phenoxy) is 1. The summed E-state index contributed by atoms with van der Waals surface area (Å²) in [5.41, 5.74) is 6.88. The molecule has 0 saturated carbocycles. The summed E-state index contributed by atoms with van der Waals surface area (Å²) in [6.07, 6.45) is -0.268. The fraction of sp³-hybridized carbons (Fsp3) is 0.615. The maximum absolute atomic E-state index is 12.0. The summed E-state index contributed by atoms with van der Waals surface area (Å²) >= 11 is 1.66. The highest BCUT2D eigenvalue weighted by atomic mass is 32.1. The van der Waals surface area contributed by atoms with Crippen molar-refractivity contribution in [3.63, 3.8) is 0 Å². The molecule has 1 aromatic rings. The summed E-state index contributed by atoms with van der Waals surface area (Å²) in [5.74, 6) is 0.226. The van der Waals surface area contributed by atoms with Gasteiger partial charge in [0.05, 0.1) is 0 Å². The van der Waals surface area contributed by atoms with Gasteiger partial charge in [-0.1, -0.05) is 0 Å². The van der Waals surface area contributed by atoms with Gasteiger partial charge in [0.15, 0.2) is 0 Å². The zero-order valence-electron chi connectivity index (χ0n) is 11.1. The van der Waals surface area contributed by atoms with Crippen LogP contribution >= 0.6 is 11.3 Å². The largest absolute Gasteiger partial charge is 0.444 e. The average molecular weight is 268 g/mol. The molecule has 0 radical (unpaired) electrons. The van der Waals surface area contributed by atoms with E-state index in [1.807, 2.05) is 26.2 Å². The van der Waals surface area contributed by atoms with Crippen LogP contribution in [0.4, 0.5) is 4.79 Å². The maximum atomic E-state index is 12.0. The Morgan fingerprint density at radius 3 is 2.78 bits per heavy atom. The van der Waals surface area contributed by atoms with Crippen LogP contribution in [-0.4, -0.2) is 35.7 Å². The Bertz CT molecular complexity index is 411. The van der Waals surface area contributed by atoms with Gasteiger partial charge < -0.3 is 15.4 Å². The van der Waals surface area contributed by atoms with Gasteiger partial charge in [0.2, 0.25) is 0 Å². The third-order valence-electron chi connectivity index (χ3n) is 2.99. The lowest BCUT2D eigenvalue weighted by atomic mass is 9.98. The Labute approximate surface area is 112 Å². The number of amides is 1. The van der Waals surface area contributed by atoms with Gasteiger partial charge in [-0.25, -0.2) is 4.79 Å². The van der Waals surface area contributed by atoms with Crippen LogP contribution in [-0.2, 0) is 4.74 Å². The highest BCUT2D eigenvalue weighted by molar-refractivity contribution is 7.08. The molecule has 1 aliphatic rings. The second-order valence-electron chi connectivity index (χ2n) is 5.71. The summed E-state index contributed by atoms with van der Waals surface area (Å²) in [6, 6.07) is 2.07. The zero-order valence-corrected chi connectivity index (χ0v) is 11.9. The van der Waals surface area contributed by atoms with Crippen LogP contribution in [0, 0.1) is 0 Å². The van der Waals surface area contributed by atoms with Gasteiger partial charge in [0.1, 0.15) is 5.60 Å². The molecule has 2 N–H and O–H groups in total. The Morgan fingerprint density at radius 2 is 2.22 bits per heavy atom. The molecule has 4 nitrogen and oxygen atoms in total. The topological polar surface area (TPSA) is 55.6 Å². The van der Waals surface area contributed by atoms with E-state index in [0.717, 1.165) is 0 Å². The van der Waals surface area contributed by atoms with E-state index < -0.39 is 5.60 Å². The second kappa shape index (κ2) is 4.90. The molecule has 0 bridgehead atoms. The highest BCUT2D eigenvalue weighted by Crippen LogP contribution is 2.28. The first-order valence-corrected chi connectivity index (χ1v) is 7.07. The number of thiophene rings is 1. The molecule has 0 aromatic carbocycles. The van der Waals surface area contributed by atoms with Crippen molar-refractivity contribution >= 4 is 17.4 Å². The first-order valence-electron chi connectivity index (χ1n) is 6.12. The van der Waals surface area contributed by atoms with Gasteiger partial charge in [-0.2, -0.15) is 11.3 Å². The molecule has 1 amide bonds. The van der Waals surface area contributed by atoms with E-state index in [4.69, 9.17) is 10.5 Å². The minimum Gasteiger partial charge on any atom is -0.444 e. The van der Waals surface area contributed by atoms with Crippen LogP contribution in [0.5, 0.6) is 0 Å². The van der Waals surface area contributed by atoms with Crippen LogP contribution in [0.2, 0.25) is 0 Å². The van der Waals surface area contributed by atoms with Gasteiger partial charge in [0.25, 0.3) is 0 Å². The number of hydrogen-bond donors (Lipinski definition) is 1. The van der Waals surface area contributed by atoms with Crippen molar-refractivity contribution in [3.05, 3.63) is 22.4 Å². The predicted octanol–water partition coefficient (Wildman–Crippen LogP) is 2.41. The Morgan fingerprint density at radius 1 is 1.50 bits per heavy atom. The van der Waals surface area contributed by atoms with Crippen molar-refractivity contribution in [3.8, 4) is 0 Å². The minimum atomic E-state index is -0.457. The molecular formula is C13H20N2O2S. The second-order valence-corrected chi connectivity index (χ2v) is 6.49. The average Bonchev–Trinajstić information content (AvgIpc) is 2.82. The van der Waals surface area contributed by atoms with Gasteiger partial charge in [-0.15, -0.1) is 0 Å². The third kappa shape index (κ3) is 3.03. The monoisotopic (exact) mass is 268 g/mol. The molecule has 0 aliphatic carbocycles. The van der Waals surface area contributed by atoms with E-state index in [9.17, 15) is 4.79 Å². The fourth-order valence-corrected chi connectivity index (χ4v) is 2.87. The van der Waals surface area contributed by atoms with Crippen LogP contribution in [0.15, 0.2) is 16.8 Å². The summed E-state index contributed by atoms with van der Waals surface area (Å²) in [5, 5.41) is 4.14. The van der Waals surface area contributed by atoms with Gasteiger partial charge in [-0.05, 0) is 43.2 Å². The summed E-state index contributed by atoms with van der Waals surface area (Å²) in [7, 11) is 0. The molecule has 2 heterocycles. The van der Waals surface area contributed by atoms with Crippen LogP contribution in [0.3, 0.4) is 0 Å². The SMILES string of the molecule is CC(C)(C)OC(=O)N1CC(N)C(c2ccsc2)C1. The molecule has 0 spiro atoms. The van der Waals surface area contributed by atoms with Gasteiger partial charge >= 0.3 is 6.09 Å². The lowest BCUT2D eigenvalue weighted by Gasteiger charge is -2.24. The van der Waals surface area contributed by atoms with E-state index in [2.05, 4.69) is 11.4 Å². The van der Waals surface area contributed by atoms with Gasteiger partial charge in [-0.3, -0.25) is 0 Å². The number of nitrogens with two attached hydrogens (primary N) is 1. The van der Waals surface area contributed by atoms with Crippen molar-refractivity contribution in [2.45, 2.75) is 38.3 Å². The Hall–Kier alpha value is -1.07. The van der Waals surface area contributed by atoms with E-state index in [-0.39, 0.29) is 18.1 Å². The Kier molecular flexibility index (Phi) is 3.64. The molecule has 1 aliphatic heterocycles. The van der Waals surface area contributed by atoms with E-state index in [1.165, 1.54) is 5.56 Å². The van der Waals surface area contributed by atoms with Crippen molar-refractivity contribution in [1.82, 2.24) is 4.90 Å². The van der Waals surface area contributed by atoms with Crippen LogP contribution in [0.1, 0.15) is 32.3 Å². The van der Waals surface area contributed by atoms with Crippen molar-refractivity contribution in [2.75, 3.05) is 13.1 Å². The summed E-state index contributed by atoms with van der Waals surface area (Å²) in [6.45, 7) is 6.83. The summed E-state index contributed by atoms with van der Waals surface area (Å²) in [4.78, 5) is 13.7. The number of hydrogen-bond acceptors (Lipinski definition) is 4. The molecule has 1 aromatic heterocycles. The molecule has 2 unspecified atom stereocenters. The van der Waals surface area contributed by atoms with E-state index in [0.29, 0.717) is 13.1 Å². The Balaban J connectivity index is 2.00. The molecule has 2 atom stereocenters. The van der Waals surface area contributed by atoms with Crippen LogP contribution < -0.4 is 5.73 Å². The van der Waals surface area contributed by atoms with Crippen molar-refractivity contribution in [1.29, 1.82) is 0 Å². The fourth-order valence-electron chi connectivity index (χ4n) is 2.14. The number of carbonyl (C=O) groups excluding carboxylic acids is 1. The lowest BCUT2D eigenvalue weighted by Crippen LogP contribution is -2.36. The molecule has 1 fully saturated rings.